The summed E-state index contributed by atoms with van der Waals surface area (Å²) in [5.74, 6) is -0.229. The van der Waals surface area contributed by atoms with E-state index in [-0.39, 0.29) is 17.5 Å². The Morgan fingerprint density at radius 1 is 1.00 bits per heavy atom. The van der Waals surface area contributed by atoms with Gasteiger partial charge in [-0.05, 0) is 36.1 Å². The molecule has 0 N–H and O–H groups in total. The van der Waals surface area contributed by atoms with Crippen LogP contribution in [0.1, 0.15) is 36.8 Å². The zero-order valence-corrected chi connectivity index (χ0v) is 17.8. The average Bonchev–Trinajstić information content (AvgIpc) is 3.30. The van der Waals surface area contributed by atoms with Crippen LogP contribution >= 0.6 is 0 Å². The van der Waals surface area contributed by atoms with Crippen molar-refractivity contribution in [3.8, 4) is 0 Å². The fraction of sp³-hybridized carbons (Fsp3) is 0.435. The van der Waals surface area contributed by atoms with Gasteiger partial charge in [-0.25, -0.2) is 8.42 Å². The maximum absolute atomic E-state index is 13.1. The molecule has 0 aromatic heterocycles. The lowest BCUT2D eigenvalue weighted by Crippen LogP contribution is -2.40. The van der Waals surface area contributed by atoms with Crippen molar-refractivity contribution in [1.82, 2.24) is 4.31 Å². The number of hydrogen-bond acceptors (Lipinski definition) is 5. The van der Waals surface area contributed by atoms with E-state index in [1.807, 2.05) is 30.3 Å². The molecule has 0 bridgehead atoms. The summed E-state index contributed by atoms with van der Waals surface area (Å²) in [7, 11) is -3.58. The number of rotatable bonds is 6. The maximum atomic E-state index is 13.1. The van der Waals surface area contributed by atoms with Gasteiger partial charge in [0.25, 0.3) is 0 Å². The molecule has 1 saturated heterocycles. The Morgan fingerprint density at radius 2 is 1.70 bits per heavy atom. The van der Waals surface area contributed by atoms with E-state index in [2.05, 4.69) is 0 Å². The van der Waals surface area contributed by atoms with Crippen molar-refractivity contribution in [3.05, 3.63) is 65.7 Å². The van der Waals surface area contributed by atoms with E-state index in [1.165, 1.54) is 4.31 Å². The van der Waals surface area contributed by atoms with E-state index in [9.17, 15) is 13.2 Å². The number of esters is 1. The number of nitrogens with zero attached hydrogens (tertiary/aromatic N) is 1. The molecule has 1 heterocycles. The van der Waals surface area contributed by atoms with Gasteiger partial charge in [-0.3, -0.25) is 4.79 Å². The van der Waals surface area contributed by atoms with Crippen LogP contribution in [-0.2, 0) is 36.3 Å². The number of carbonyl (C=O) groups is 1. The van der Waals surface area contributed by atoms with E-state index in [4.69, 9.17) is 9.47 Å². The first-order valence-electron chi connectivity index (χ1n) is 10.4. The standard InChI is InChI=1S/C23H27NO5S/c25-22(23(11-4-5-12-23)20-8-2-1-3-9-20)29-18-19-7-6-10-21(17-19)30(26,27)24-13-15-28-16-14-24/h1-3,6-10,17H,4-5,11-16,18H2. The third-order valence-electron chi connectivity index (χ3n) is 6.05. The Labute approximate surface area is 177 Å². The van der Waals surface area contributed by atoms with Crippen LogP contribution < -0.4 is 0 Å². The summed E-state index contributed by atoms with van der Waals surface area (Å²) in [5.41, 5.74) is 1.06. The molecule has 2 aromatic rings. The smallest absolute Gasteiger partial charge is 0.316 e. The van der Waals surface area contributed by atoms with Gasteiger partial charge in [-0.2, -0.15) is 4.31 Å². The lowest BCUT2D eigenvalue weighted by Gasteiger charge is -2.27. The predicted octanol–water partition coefficient (Wildman–Crippen LogP) is 3.26. The van der Waals surface area contributed by atoms with Crippen LogP contribution in [0.4, 0.5) is 0 Å². The molecule has 2 fully saturated rings. The molecule has 1 saturated carbocycles. The molecule has 0 radical (unpaired) electrons. The SMILES string of the molecule is O=C(OCc1cccc(S(=O)(=O)N2CCOCC2)c1)C1(c2ccccc2)CCCC1. The van der Waals surface area contributed by atoms with Gasteiger partial charge in [-0.15, -0.1) is 0 Å². The number of hydrogen-bond donors (Lipinski definition) is 0. The summed E-state index contributed by atoms with van der Waals surface area (Å²) < 4.78 is 38.2. The van der Waals surface area contributed by atoms with E-state index in [0.717, 1.165) is 31.2 Å². The molecule has 0 spiro atoms. The van der Waals surface area contributed by atoms with Crippen molar-refractivity contribution in [3.63, 3.8) is 0 Å². The van der Waals surface area contributed by atoms with E-state index >= 15 is 0 Å². The van der Waals surface area contributed by atoms with Gasteiger partial charge in [0.2, 0.25) is 10.0 Å². The Hall–Kier alpha value is -2.22. The van der Waals surface area contributed by atoms with Gasteiger partial charge in [0.15, 0.2) is 0 Å². The number of benzene rings is 2. The molecule has 1 aliphatic heterocycles. The predicted molar refractivity (Wildman–Crippen MR) is 112 cm³/mol. The van der Waals surface area contributed by atoms with Crippen LogP contribution in [0.5, 0.6) is 0 Å². The largest absolute Gasteiger partial charge is 0.460 e. The molecule has 2 aromatic carbocycles. The van der Waals surface area contributed by atoms with Crippen LogP contribution in [-0.4, -0.2) is 45.0 Å². The highest BCUT2D eigenvalue weighted by atomic mass is 32.2. The summed E-state index contributed by atoms with van der Waals surface area (Å²) in [6.07, 6.45) is 3.55. The summed E-state index contributed by atoms with van der Waals surface area (Å²) in [6, 6.07) is 16.5. The van der Waals surface area contributed by atoms with Gasteiger partial charge in [0.05, 0.1) is 23.5 Å². The average molecular weight is 430 g/mol. The third kappa shape index (κ3) is 4.15. The van der Waals surface area contributed by atoms with Crippen molar-refractivity contribution >= 4 is 16.0 Å². The number of carbonyl (C=O) groups excluding carboxylic acids is 1. The molecule has 6 nitrogen and oxygen atoms in total. The second-order valence-electron chi connectivity index (χ2n) is 7.90. The molecule has 30 heavy (non-hydrogen) atoms. The second-order valence-corrected chi connectivity index (χ2v) is 9.83. The summed E-state index contributed by atoms with van der Waals surface area (Å²) >= 11 is 0. The first-order valence-corrected chi connectivity index (χ1v) is 11.9. The molecule has 0 amide bonds. The monoisotopic (exact) mass is 429 g/mol. The maximum Gasteiger partial charge on any atom is 0.316 e. The van der Waals surface area contributed by atoms with Crippen molar-refractivity contribution < 1.29 is 22.7 Å². The molecular formula is C23H27NO5S. The molecule has 4 rings (SSSR count). The van der Waals surface area contributed by atoms with Crippen LogP contribution in [0.2, 0.25) is 0 Å². The lowest BCUT2D eigenvalue weighted by atomic mass is 9.79. The number of morpholine rings is 1. The summed E-state index contributed by atoms with van der Waals surface area (Å²) in [4.78, 5) is 13.3. The number of sulfonamides is 1. The molecule has 7 heteroatoms. The minimum Gasteiger partial charge on any atom is -0.460 e. The third-order valence-corrected chi connectivity index (χ3v) is 7.95. The van der Waals surface area contributed by atoms with Crippen molar-refractivity contribution in [1.29, 1.82) is 0 Å². The van der Waals surface area contributed by atoms with Crippen LogP contribution in [0.25, 0.3) is 0 Å². The topological polar surface area (TPSA) is 72.9 Å². The van der Waals surface area contributed by atoms with Gasteiger partial charge in [0.1, 0.15) is 6.61 Å². The molecule has 160 valence electrons. The van der Waals surface area contributed by atoms with Gasteiger partial charge in [-0.1, -0.05) is 55.3 Å². The Morgan fingerprint density at radius 3 is 2.40 bits per heavy atom. The van der Waals surface area contributed by atoms with Crippen LogP contribution in [0.15, 0.2) is 59.5 Å². The first kappa shape index (κ1) is 21.0. The summed E-state index contributed by atoms with van der Waals surface area (Å²) in [6.45, 7) is 1.55. The minimum absolute atomic E-state index is 0.0554. The zero-order valence-electron chi connectivity index (χ0n) is 17.0. The van der Waals surface area contributed by atoms with Crippen LogP contribution in [0, 0.1) is 0 Å². The first-order chi connectivity index (χ1) is 14.5. The minimum atomic E-state index is -3.58. The lowest BCUT2D eigenvalue weighted by molar-refractivity contribution is -0.152. The molecule has 0 atom stereocenters. The Balaban J connectivity index is 1.49. The molecule has 2 aliphatic rings. The summed E-state index contributed by atoms with van der Waals surface area (Å²) in [5, 5.41) is 0. The second kappa shape index (κ2) is 8.88. The fourth-order valence-corrected chi connectivity index (χ4v) is 5.84. The van der Waals surface area contributed by atoms with E-state index < -0.39 is 15.4 Å². The van der Waals surface area contributed by atoms with Crippen molar-refractivity contribution in [2.75, 3.05) is 26.3 Å². The van der Waals surface area contributed by atoms with Crippen molar-refractivity contribution in [2.45, 2.75) is 42.6 Å². The Kier molecular flexibility index (Phi) is 6.22. The van der Waals surface area contributed by atoms with E-state index in [1.54, 1.807) is 24.3 Å². The highest BCUT2D eigenvalue weighted by Gasteiger charge is 2.44. The highest BCUT2D eigenvalue weighted by Crippen LogP contribution is 2.42. The van der Waals surface area contributed by atoms with Gasteiger partial charge < -0.3 is 9.47 Å². The Bertz CT molecular complexity index is 978. The molecule has 1 aliphatic carbocycles. The molecular weight excluding hydrogens is 402 g/mol. The fourth-order valence-electron chi connectivity index (χ4n) is 4.37. The van der Waals surface area contributed by atoms with E-state index in [0.29, 0.717) is 31.9 Å². The van der Waals surface area contributed by atoms with Crippen molar-refractivity contribution in [2.24, 2.45) is 0 Å². The zero-order chi connectivity index (χ0) is 21.0. The number of ether oxygens (including phenoxy) is 2. The van der Waals surface area contributed by atoms with Gasteiger partial charge >= 0.3 is 5.97 Å². The molecule has 0 unspecified atom stereocenters. The quantitative estimate of drug-likeness (QED) is 0.659. The highest BCUT2D eigenvalue weighted by molar-refractivity contribution is 7.89. The van der Waals surface area contributed by atoms with Crippen LogP contribution in [0.3, 0.4) is 0 Å². The normalized spacial score (nSPS) is 19.5. The van der Waals surface area contributed by atoms with Gasteiger partial charge in [0, 0.05) is 13.1 Å².